The van der Waals surface area contributed by atoms with Crippen LogP contribution in [0.15, 0.2) is 47.6 Å². The van der Waals surface area contributed by atoms with Gasteiger partial charge in [-0.15, -0.1) is 0 Å². The van der Waals surface area contributed by atoms with Gasteiger partial charge in [0, 0.05) is 24.8 Å². The van der Waals surface area contributed by atoms with Crippen LogP contribution >= 0.6 is 0 Å². The molecule has 0 unspecified atom stereocenters. The zero-order valence-electron chi connectivity index (χ0n) is 15.1. The summed E-state index contributed by atoms with van der Waals surface area (Å²) in [5, 5.41) is 6.57. The topological polar surface area (TPSA) is 67.8 Å². The van der Waals surface area contributed by atoms with Crippen molar-refractivity contribution in [1.29, 1.82) is 0 Å². The monoisotopic (exact) mass is 342 g/mol. The van der Waals surface area contributed by atoms with E-state index < -0.39 is 0 Å². The van der Waals surface area contributed by atoms with Gasteiger partial charge in [-0.05, 0) is 37.6 Å². The first kappa shape index (κ1) is 18.6. The van der Waals surface area contributed by atoms with Crippen molar-refractivity contribution in [3.8, 4) is 11.6 Å². The number of guanidine groups is 1. The Hall–Kier alpha value is -2.76. The predicted molar refractivity (Wildman–Crippen MR) is 100 cm³/mol. The number of nitrogens with one attached hydrogen (secondary N) is 2. The van der Waals surface area contributed by atoms with Gasteiger partial charge in [0.15, 0.2) is 5.96 Å². The van der Waals surface area contributed by atoms with E-state index in [9.17, 15) is 0 Å². The van der Waals surface area contributed by atoms with Crippen LogP contribution in [0.2, 0.25) is 0 Å². The van der Waals surface area contributed by atoms with Gasteiger partial charge in [-0.1, -0.05) is 18.2 Å². The fraction of sp³-hybridized carbons (Fsp3) is 0.368. The lowest BCUT2D eigenvalue weighted by atomic mass is 10.2. The molecule has 0 fully saturated rings. The highest BCUT2D eigenvalue weighted by Crippen LogP contribution is 2.14. The second-order valence-electron chi connectivity index (χ2n) is 5.30. The molecule has 0 saturated heterocycles. The molecule has 2 rings (SSSR count). The molecule has 6 nitrogen and oxygen atoms in total. The highest BCUT2D eigenvalue weighted by Gasteiger charge is 2.05. The van der Waals surface area contributed by atoms with Crippen LogP contribution in [0.25, 0.3) is 0 Å². The molecule has 1 heterocycles. The molecule has 0 aliphatic carbocycles. The summed E-state index contributed by atoms with van der Waals surface area (Å²) in [6, 6.07) is 11.8. The lowest BCUT2D eigenvalue weighted by molar-refractivity contribution is 0.322. The van der Waals surface area contributed by atoms with Crippen LogP contribution < -0.4 is 20.1 Å². The Morgan fingerprint density at radius 3 is 2.80 bits per heavy atom. The second kappa shape index (κ2) is 10.2. The molecule has 0 spiro atoms. The van der Waals surface area contributed by atoms with E-state index in [4.69, 9.17) is 9.47 Å². The second-order valence-corrected chi connectivity index (χ2v) is 5.30. The average Bonchev–Trinajstić information content (AvgIpc) is 2.65. The number of aromatic nitrogens is 1. The van der Waals surface area contributed by atoms with Gasteiger partial charge >= 0.3 is 0 Å². The molecular formula is C19H26N4O2. The van der Waals surface area contributed by atoms with Gasteiger partial charge in [-0.2, -0.15) is 0 Å². The number of pyridine rings is 1. The summed E-state index contributed by atoms with van der Waals surface area (Å²) >= 11 is 0. The SMILES string of the molecule is CCNC(=NCc1cccc(OC)c1)NCc1cccnc1OCC. The van der Waals surface area contributed by atoms with Crippen LogP contribution in [0.4, 0.5) is 0 Å². The number of hydrogen-bond acceptors (Lipinski definition) is 4. The first-order valence-electron chi connectivity index (χ1n) is 8.48. The van der Waals surface area contributed by atoms with Gasteiger partial charge in [-0.25, -0.2) is 9.98 Å². The molecule has 1 aromatic heterocycles. The third-order valence-electron chi connectivity index (χ3n) is 3.48. The summed E-state index contributed by atoms with van der Waals surface area (Å²) in [4.78, 5) is 8.90. The Labute approximate surface area is 149 Å². The maximum atomic E-state index is 5.56. The Morgan fingerprint density at radius 2 is 2.04 bits per heavy atom. The van der Waals surface area contributed by atoms with Gasteiger partial charge in [-0.3, -0.25) is 0 Å². The molecule has 0 bridgehead atoms. The van der Waals surface area contributed by atoms with E-state index in [0.717, 1.165) is 29.4 Å². The van der Waals surface area contributed by atoms with E-state index in [1.807, 2.05) is 50.2 Å². The minimum atomic E-state index is 0.567. The van der Waals surface area contributed by atoms with E-state index >= 15 is 0 Å². The van der Waals surface area contributed by atoms with Crippen molar-refractivity contribution < 1.29 is 9.47 Å². The summed E-state index contributed by atoms with van der Waals surface area (Å²) in [6.45, 7) is 6.53. The minimum Gasteiger partial charge on any atom is -0.497 e. The quantitative estimate of drug-likeness (QED) is 0.570. The van der Waals surface area contributed by atoms with Crippen LogP contribution in [-0.4, -0.2) is 31.2 Å². The van der Waals surface area contributed by atoms with E-state index in [1.54, 1.807) is 13.3 Å². The third-order valence-corrected chi connectivity index (χ3v) is 3.48. The number of benzene rings is 1. The van der Waals surface area contributed by atoms with Crippen molar-refractivity contribution in [2.24, 2.45) is 4.99 Å². The van der Waals surface area contributed by atoms with Crippen LogP contribution in [0.1, 0.15) is 25.0 Å². The summed E-state index contributed by atoms with van der Waals surface area (Å²) in [5.74, 6) is 2.24. The number of hydrogen-bond donors (Lipinski definition) is 2. The van der Waals surface area contributed by atoms with Gasteiger partial charge in [0.2, 0.25) is 5.88 Å². The average molecular weight is 342 g/mol. The van der Waals surface area contributed by atoms with Crippen molar-refractivity contribution in [3.05, 3.63) is 53.7 Å². The molecule has 6 heteroatoms. The van der Waals surface area contributed by atoms with E-state index in [0.29, 0.717) is 25.6 Å². The fourth-order valence-corrected chi connectivity index (χ4v) is 2.29. The zero-order valence-corrected chi connectivity index (χ0v) is 15.1. The lowest BCUT2D eigenvalue weighted by Gasteiger charge is -2.13. The number of aliphatic imine (C=N–C) groups is 1. The number of nitrogens with zero attached hydrogens (tertiary/aromatic N) is 2. The summed E-state index contributed by atoms with van der Waals surface area (Å²) < 4.78 is 10.8. The number of ether oxygens (including phenoxy) is 2. The summed E-state index contributed by atoms with van der Waals surface area (Å²) in [7, 11) is 1.66. The van der Waals surface area contributed by atoms with Crippen molar-refractivity contribution in [3.63, 3.8) is 0 Å². The molecule has 25 heavy (non-hydrogen) atoms. The fourth-order valence-electron chi connectivity index (χ4n) is 2.29. The standard InChI is InChI=1S/C19H26N4O2/c1-4-20-19(22-13-15-8-6-10-17(12-15)24-3)23-14-16-9-7-11-21-18(16)25-5-2/h6-12H,4-5,13-14H2,1-3H3,(H2,20,22,23). The molecule has 0 amide bonds. The van der Waals surface area contributed by atoms with Crippen LogP contribution in [-0.2, 0) is 13.1 Å². The first-order chi connectivity index (χ1) is 12.3. The maximum absolute atomic E-state index is 5.56. The van der Waals surface area contributed by atoms with E-state index in [-0.39, 0.29) is 0 Å². The summed E-state index contributed by atoms with van der Waals surface area (Å²) in [5.41, 5.74) is 2.09. The Morgan fingerprint density at radius 1 is 1.16 bits per heavy atom. The third kappa shape index (κ3) is 5.99. The maximum Gasteiger partial charge on any atom is 0.218 e. The smallest absolute Gasteiger partial charge is 0.218 e. The Balaban J connectivity index is 2.02. The molecule has 134 valence electrons. The molecular weight excluding hydrogens is 316 g/mol. The van der Waals surface area contributed by atoms with Gasteiger partial charge in [0.25, 0.3) is 0 Å². The zero-order chi connectivity index (χ0) is 17.9. The largest absolute Gasteiger partial charge is 0.497 e. The minimum absolute atomic E-state index is 0.567. The van der Waals surface area contributed by atoms with E-state index in [1.165, 1.54) is 0 Å². The highest BCUT2D eigenvalue weighted by atomic mass is 16.5. The lowest BCUT2D eigenvalue weighted by Crippen LogP contribution is -2.36. The molecule has 0 radical (unpaired) electrons. The van der Waals surface area contributed by atoms with Crippen molar-refractivity contribution >= 4 is 5.96 Å². The van der Waals surface area contributed by atoms with Crippen LogP contribution in [0, 0.1) is 0 Å². The summed E-state index contributed by atoms with van der Waals surface area (Å²) in [6.07, 6.45) is 1.73. The number of rotatable bonds is 8. The van der Waals surface area contributed by atoms with Crippen molar-refractivity contribution in [2.45, 2.75) is 26.9 Å². The van der Waals surface area contributed by atoms with Crippen molar-refractivity contribution in [2.75, 3.05) is 20.3 Å². The molecule has 0 aliphatic rings. The molecule has 2 N–H and O–H groups in total. The molecule has 1 aromatic carbocycles. The first-order valence-corrected chi connectivity index (χ1v) is 8.48. The van der Waals surface area contributed by atoms with Crippen LogP contribution in [0.5, 0.6) is 11.6 Å². The predicted octanol–water partition coefficient (Wildman–Crippen LogP) is 2.74. The molecule has 2 aromatic rings. The van der Waals surface area contributed by atoms with Gasteiger partial charge < -0.3 is 20.1 Å². The van der Waals surface area contributed by atoms with Gasteiger partial charge in [0.05, 0.1) is 20.3 Å². The van der Waals surface area contributed by atoms with Crippen molar-refractivity contribution in [1.82, 2.24) is 15.6 Å². The molecule has 0 atom stereocenters. The highest BCUT2D eigenvalue weighted by molar-refractivity contribution is 5.79. The van der Waals surface area contributed by atoms with Gasteiger partial charge in [0.1, 0.15) is 5.75 Å². The Bertz CT molecular complexity index is 689. The normalized spacial score (nSPS) is 11.1. The Kier molecular flexibility index (Phi) is 7.56. The molecule has 0 saturated carbocycles. The molecule has 0 aliphatic heterocycles. The van der Waals surface area contributed by atoms with E-state index in [2.05, 4.69) is 20.6 Å². The van der Waals surface area contributed by atoms with Crippen LogP contribution in [0.3, 0.4) is 0 Å². The number of methoxy groups -OCH3 is 1.